The zero-order chi connectivity index (χ0) is 21.5. The van der Waals surface area contributed by atoms with Crippen molar-refractivity contribution in [1.82, 2.24) is 0 Å². The Kier molecular flexibility index (Phi) is 2.27. The Morgan fingerprint density at radius 3 is 1.30 bits per heavy atom. The van der Waals surface area contributed by atoms with E-state index < -0.39 is 69.6 Å². The third-order valence-electron chi connectivity index (χ3n) is 1.75. The third kappa shape index (κ3) is 3.72. The van der Waals surface area contributed by atoms with Crippen LogP contribution in [0.3, 0.4) is 0 Å². The van der Waals surface area contributed by atoms with Crippen molar-refractivity contribution in [2.24, 2.45) is 0 Å². The topological polar surface area (TPSA) is 86.3 Å². The molecule has 0 N–H and O–H groups in total. The second-order valence-electron chi connectivity index (χ2n) is 3.04. The molecule has 2 aromatic carbocycles. The number of benzene rings is 2. The van der Waals surface area contributed by atoms with Crippen LogP contribution in [0.2, 0.25) is 0 Å². The lowest BCUT2D eigenvalue weighted by Crippen LogP contribution is -1.86. The fourth-order valence-electron chi connectivity index (χ4n) is 0.938. The molecule has 8 heteroatoms. The first kappa shape index (κ1) is 7.09. The number of hydrogen-bond donors (Lipinski definition) is 0. The molecule has 0 unspecified atom stereocenters. The maximum absolute atomic E-state index is 10.9. The summed E-state index contributed by atoms with van der Waals surface area (Å²) in [5.41, 5.74) is -1.99. The van der Waals surface area contributed by atoms with Crippen LogP contribution in [0.1, 0.15) is 11.0 Å². The Morgan fingerprint density at radius 1 is 0.750 bits per heavy atom. The van der Waals surface area contributed by atoms with E-state index in [0.717, 1.165) is 0 Å². The number of hydrogen-bond acceptors (Lipinski definition) is 6. The minimum absolute atomic E-state index is 0.319. The van der Waals surface area contributed by atoms with Crippen LogP contribution < -0.4 is 0 Å². The third-order valence-corrected chi connectivity index (χ3v) is 3.83. The van der Waals surface area contributed by atoms with Gasteiger partial charge >= 0.3 is 0 Å². The number of nitro groups is 2. The molecule has 2 rings (SSSR count). The van der Waals surface area contributed by atoms with Crippen molar-refractivity contribution in [2.75, 3.05) is 0 Å². The molecule has 0 amide bonds. The molecular formula is C12H8N2O4S2. The summed E-state index contributed by atoms with van der Waals surface area (Å²) in [5, 5.41) is 21.9. The average Bonchev–Trinajstić information content (AvgIpc) is 2.60. The molecule has 0 saturated heterocycles. The summed E-state index contributed by atoms with van der Waals surface area (Å²) in [5.74, 6) is 0. The minimum Gasteiger partial charge on any atom is -0.258 e. The Labute approximate surface area is 133 Å². The van der Waals surface area contributed by atoms with E-state index in [1.807, 2.05) is 0 Å². The van der Waals surface area contributed by atoms with Crippen molar-refractivity contribution in [3.05, 3.63) is 68.6 Å². The predicted molar refractivity (Wildman–Crippen MR) is 77.9 cm³/mol. The van der Waals surface area contributed by atoms with E-state index in [9.17, 15) is 20.2 Å². The van der Waals surface area contributed by atoms with E-state index in [-0.39, 0.29) is 9.79 Å². The van der Waals surface area contributed by atoms with Crippen molar-refractivity contribution >= 4 is 33.0 Å². The predicted octanol–water partition coefficient (Wildman–Crippen LogP) is 4.30. The average molecular weight is 316 g/mol. The van der Waals surface area contributed by atoms with E-state index in [4.69, 9.17) is 11.0 Å². The van der Waals surface area contributed by atoms with Gasteiger partial charge in [-0.25, -0.2) is 0 Å². The van der Waals surface area contributed by atoms with Crippen LogP contribution in [-0.2, 0) is 0 Å². The summed E-state index contributed by atoms with van der Waals surface area (Å²) >= 11 is 0. The molecule has 0 saturated carbocycles. The summed E-state index contributed by atoms with van der Waals surface area (Å²) in [4.78, 5) is 19.1. The van der Waals surface area contributed by atoms with Gasteiger partial charge in [0.25, 0.3) is 11.4 Å². The largest absolute Gasteiger partial charge is 0.269 e. The van der Waals surface area contributed by atoms with Crippen molar-refractivity contribution in [1.29, 1.82) is 0 Å². The SMILES string of the molecule is [2H]c1c([2H])c([N+](=O)[O-])c([2H])c([2H])c1SSc1c([2H])c([2H])c([N+](=O)[O-])c([2H])c1[2H]. The molecule has 20 heavy (non-hydrogen) atoms. The standard InChI is InChI=1S/C12H8N2O4S2/c15-13(16)9-1-5-11(6-2-9)19-20-12-7-3-10(4-8-12)14(17)18/h1-8H/i1D,2D,3D,4D,5D,6D,7D,8D. The molecule has 0 fully saturated rings. The van der Waals surface area contributed by atoms with Crippen LogP contribution in [0, 0.1) is 20.2 Å². The highest BCUT2D eigenvalue weighted by molar-refractivity contribution is 8.76. The van der Waals surface area contributed by atoms with Gasteiger partial charge in [0.2, 0.25) is 0 Å². The van der Waals surface area contributed by atoms with E-state index >= 15 is 0 Å². The monoisotopic (exact) mass is 316 g/mol. The zero-order valence-electron chi connectivity index (χ0n) is 17.3. The van der Waals surface area contributed by atoms with Crippen LogP contribution >= 0.6 is 21.6 Å². The van der Waals surface area contributed by atoms with E-state index in [1.54, 1.807) is 0 Å². The van der Waals surface area contributed by atoms with Crippen molar-refractivity contribution in [3.8, 4) is 0 Å². The molecule has 2 aromatic rings. The molecule has 0 radical (unpaired) electrons. The normalized spacial score (nSPS) is 15.8. The quantitative estimate of drug-likeness (QED) is 0.464. The highest BCUT2D eigenvalue weighted by Crippen LogP contribution is 2.38. The van der Waals surface area contributed by atoms with E-state index in [2.05, 4.69) is 0 Å². The second kappa shape index (κ2) is 6.40. The van der Waals surface area contributed by atoms with Gasteiger partial charge < -0.3 is 0 Å². The molecule has 102 valence electrons. The van der Waals surface area contributed by atoms with Gasteiger partial charge in [-0.1, -0.05) is 21.6 Å². The van der Waals surface area contributed by atoms with Gasteiger partial charge in [0.05, 0.1) is 20.8 Å². The minimum atomic E-state index is -1.04. The number of nitro benzene ring substituents is 2. The van der Waals surface area contributed by atoms with Gasteiger partial charge in [0.15, 0.2) is 0 Å². The molecule has 0 aliphatic carbocycles. The molecule has 0 bridgehead atoms. The van der Waals surface area contributed by atoms with Gasteiger partial charge in [0.1, 0.15) is 0 Å². The summed E-state index contributed by atoms with van der Waals surface area (Å²) in [6, 6.07) is -6.33. The summed E-state index contributed by atoms with van der Waals surface area (Å²) < 4.78 is 61.9. The van der Waals surface area contributed by atoms with Gasteiger partial charge in [-0.3, -0.25) is 20.2 Å². The zero-order valence-corrected chi connectivity index (χ0v) is 11.0. The van der Waals surface area contributed by atoms with Crippen LogP contribution in [0.5, 0.6) is 0 Å². The van der Waals surface area contributed by atoms with E-state index in [0.29, 0.717) is 21.6 Å². The lowest BCUT2D eigenvalue weighted by atomic mass is 10.3. The van der Waals surface area contributed by atoms with E-state index in [1.165, 1.54) is 0 Å². The Balaban J connectivity index is 2.55. The molecule has 0 aromatic heterocycles. The first-order valence-corrected chi connectivity index (χ1v) is 6.90. The first-order chi connectivity index (χ1) is 12.9. The fourth-order valence-corrected chi connectivity index (χ4v) is 2.48. The Hall–Kier alpha value is -2.06. The van der Waals surface area contributed by atoms with Crippen LogP contribution in [0.15, 0.2) is 58.1 Å². The van der Waals surface area contributed by atoms with Gasteiger partial charge in [-0.05, 0) is 24.2 Å². The van der Waals surface area contributed by atoms with Gasteiger partial charge in [0, 0.05) is 34.0 Å². The maximum atomic E-state index is 10.9. The summed E-state index contributed by atoms with van der Waals surface area (Å²) in [6.07, 6.45) is 0. The highest BCUT2D eigenvalue weighted by atomic mass is 33.1. The highest BCUT2D eigenvalue weighted by Gasteiger charge is 2.06. The maximum Gasteiger partial charge on any atom is 0.269 e. The Morgan fingerprint density at radius 2 is 1.05 bits per heavy atom. The summed E-state index contributed by atoms with van der Waals surface area (Å²) in [7, 11) is 1.08. The lowest BCUT2D eigenvalue weighted by molar-refractivity contribution is -0.385. The van der Waals surface area contributed by atoms with Crippen LogP contribution in [0.25, 0.3) is 0 Å². The van der Waals surface area contributed by atoms with Crippen molar-refractivity contribution < 1.29 is 20.8 Å². The molecule has 0 heterocycles. The Bertz CT molecular complexity index is 896. The molecule has 0 spiro atoms. The smallest absolute Gasteiger partial charge is 0.258 e. The molecular weight excluding hydrogens is 300 g/mol. The van der Waals surface area contributed by atoms with Gasteiger partial charge in [-0.15, -0.1) is 0 Å². The molecule has 0 aliphatic heterocycles. The molecule has 0 aliphatic rings. The first-order valence-electron chi connectivity index (χ1n) is 8.75. The second-order valence-corrected chi connectivity index (χ2v) is 5.19. The van der Waals surface area contributed by atoms with Crippen molar-refractivity contribution in [3.63, 3.8) is 0 Å². The number of rotatable bonds is 5. The van der Waals surface area contributed by atoms with Crippen LogP contribution in [-0.4, -0.2) is 9.85 Å². The van der Waals surface area contributed by atoms with Crippen molar-refractivity contribution in [2.45, 2.75) is 9.79 Å². The number of nitrogens with zero attached hydrogens (tertiary/aromatic N) is 2. The lowest BCUT2D eigenvalue weighted by Gasteiger charge is -2.01. The van der Waals surface area contributed by atoms with Crippen LogP contribution in [0.4, 0.5) is 11.4 Å². The fraction of sp³-hybridized carbons (Fsp3) is 0. The molecule has 6 nitrogen and oxygen atoms in total. The molecule has 0 atom stereocenters. The van der Waals surface area contributed by atoms with Gasteiger partial charge in [-0.2, -0.15) is 0 Å². The summed E-state index contributed by atoms with van der Waals surface area (Å²) in [6.45, 7) is 0.